The number of halogens is 1. The predicted molar refractivity (Wildman–Crippen MR) is 190 cm³/mol. The van der Waals surface area contributed by atoms with Gasteiger partial charge in [0.25, 0.3) is 11.8 Å². The normalized spacial score (nSPS) is 22.4. The zero-order valence-electron chi connectivity index (χ0n) is 28.8. The Labute approximate surface area is 292 Å². The van der Waals surface area contributed by atoms with Gasteiger partial charge in [-0.2, -0.15) is 5.10 Å². The van der Waals surface area contributed by atoms with Crippen LogP contribution < -0.4 is 20.7 Å². The van der Waals surface area contributed by atoms with Crippen molar-refractivity contribution in [3.05, 3.63) is 95.2 Å². The van der Waals surface area contributed by atoms with E-state index in [-0.39, 0.29) is 29.4 Å². The number of pyridine rings is 1. The molecule has 11 heteroatoms. The van der Waals surface area contributed by atoms with E-state index in [0.717, 1.165) is 87.4 Å². The summed E-state index contributed by atoms with van der Waals surface area (Å²) < 4.78 is 22.4. The number of rotatable bonds is 9. The predicted octanol–water partition coefficient (Wildman–Crippen LogP) is 5.87. The first-order chi connectivity index (χ1) is 24.3. The topological polar surface area (TPSA) is 113 Å². The summed E-state index contributed by atoms with van der Waals surface area (Å²) in [4.78, 5) is 32.9. The number of nitrogens with one attached hydrogen (secondary N) is 3. The van der Waals surface area contributed by atoms with Gasteiger partial charge in [-0.15, -0.1) is 0 Å². The van der Waals surface area contributed by atoms with Crippen molar-refractivity contribution in [2.75, 3.05) is 13.1 Å². The molecule has 4 aromatic rings. The molecule has 262 valence electrons. The Morgan fingerprint density at radius 3 is 2.34 bits per heavy atom. The first kappa shape index (κ1) is 33.9. The van der Waals surface area contributed by atoms with Crippen molar-refractivity contribution in [1.82, 2.24) is 35.6 Å². The van der Waals surface area contributed by atoms with Crippen molar-refractivity contribution < 1.29 is 18.7 Å². The van der Waals surface area contributed by atoms with Crippen LogP contribution in [0.1, 0.15) is 84.5 Å². The molecule has 2 amide bonds. The average Bonchev–Trinajstić information content (AvgIpc) is 3.55. The number of amides is 2. The highest BCUT2D eigenvalue weighted by molar-refractivity contribution is 5.96. The van der Waals surface area contributed by atoms with Gasteiger partial charge in [0.2, 0.25) is 5.88 Å². The summed E-state index contributed by atoms with van der Waals surface area (Å²) in [6, 6.07) is 20.1. The lowest BCUT2D eigenvalue weighted by atomic mass is 9.91. The maximum Gasteiger partial charge on any atom is 0.272 e. The first-order valence-corrected chi connectivity index (χ1v) is 18.0. The molecule has 3 aliphatic rings. The van der Waals surface area contributed by atoms with Crippen LogP contribution >= 0.6 is 0 Å². The molecule has 2 atom stereocenters. The van der Waals surface area contributed by atoms with Crippen molar-refractivity contribution in [1.29, 1.82) is 0 Å². The number of nitrogens with zero attached hydrogens (tertiary/aromatic N) is 4. The van der Waals surface area contributed by atoms with Crippen LogP contribution in [0.2, 0.25) is 0 Å². The fourth-order valence-corrected chi connectivity index (χ4v) is 7.59. The van der Waals surface area contributed by atoms with Crippen LogP contribution in [0.25, 0.3) is 11.1 Å². The van der Waals surface area contributed by atoms with Crippen molar-refractivity contribution >= 4 is 11.8 Å². The number of hydrogen-bond acceptors (Lipinski definition) is 7. The van der Waals surface area contributed by atoms with E-state index in [1.807, 2.05) is 28.9 Å². The Morgan fingerprint density at radius 2 is 1.62 bits per heavy atom. The van der Waals surface area contributed by atoms with Crippen LogP contribution in [-0.4, -0.2) is 68.7 Å². The van der Waals surface area contributed by atoms with Gasteiger partial charge in [0.05, 0.1) is 6.20 Å². The molecule has 1 saturated heterocycles. The molecule has 2 fully saturated rings. The SMILES string of the molecule is C[C@@H]1CN(Cc2ccc(-c3cccc(Oc4ncc(F)cc4C(=O)NC4CCC(NC(=O)c5cc6n(n5)CCCC6)CC4)c3)cc2)C[C@H](C)N1. The Bertz CT molecular complexity index is 1790. The maximum atomic E-state index is 14.4. The molecule has 7 rings (SSSR count). The summed E-state index contributed by atoms with van der Waals surface area (Å²) in [6.07, 6.45) is 7.03. The van der Waals surface area contributed by atoms with E-state index >= 15 is 0 Å². The minimum Gasteiger partial charge on any atom is -0.438 e. The Hall–Kier alpha value is -4.61. The number of aryl methyl sites for hydroxylation is 2. The lowest BCUT2D eigenvalue weighted by molar-refractivity contribution is 0.0887. The molecule has 1 aliphatic carbocycles. The third-order valence-corrected chi connectivity index (χ3v) is 9.98. The van der Waals surface area contributed by atoms with Gasteiger partial charge < -0.3 is 20.7 Å². The number of piperazine rings is 1. The van der Waals surface area contributed by atoms with Gasteiger partial charge >= 0.3 is 0 Å². The lowest BCUT2D eigenvalue weighted by Crippen LogP contribution is -2.53. The number of carbonyl (C=O) groups excluding carboxylic acids is 2. The largest absolute Gasteiger partial charge is 0.438 e. The van der Waals surface area contributed by atoms with Gasteiger partial charge in [0.15, 0.2) is 0 Å². The van der Waals surface area contributed by atoms with Crippen molar-refractivity contribution in [3.8, 4) is 22.8 Å². The van der Waals surface area contributed by atoms with Crippen LogP contribution in [0, 0.1) is 5.82 Å². The quantitative estimate of drug-likeness (QED) is 0.203. The number of benzene rings is 2. The molecule has 2 aliphatic heterocycles. The third-order valence-electron chi connectivity index (χ3n) is 9.98. The number of aromatic nitrogens is 3. The Kier molecular flexibility index (Phi) is 10.2. The Balaban J connectivity index is 0.946. The molecule has 3 N–H and O–H groups in total. The van der Waals surface area contributed by atoms with Gasteiger partial charge in [0, 0.05) is 56.0 Å². The van der Waals surface area contributed by atoms with Gasteiger partial charge in [-0.3, -0.25) is 19.2 Å². The van der Waals surface area contributed by atoms with E-state index < -0.39 is 11.7 Å². The molecule has 0 spiro atoms. The molecule has 10 nitrogen and oxygen atoms in total. The summed E-state index contributed by atoms with van der Waals surface area (Å²) in [5.74, 6) is -0.669. The molecule has 0 radical (unpaired) electrons. The number of fused-ring (bicyclic) bond motifs is 1. The highest BCUT2D eigenvalue weighted by Gasteiger charge is 2.27. The molecule has 50 heavy (non-hydrogen) atoms. The van der Waals surface area contributed by atoms with Gasteiger partial charge in [-0.1, -0.05) is 36.4 Å². The van der Waals surface area contributed by atoms with E-state index in [1.165, 1.54) is 5.56 Å². The monoisotopic (exact) mass is 679 g/mol. The molecule has 0 bridgehead atoms. The second kappa shape index (κ2) is 15.1. The molecule has 1 saturated carbocycles. The van der Waals surface area contributed by atoms with Crippen LogP contribution in [0.3, 0.4) is 0 Å². The minimum absolute atomic E-state index is 0.00689. The fraction of sp³-hybridized carbons (Fsp3) is 0.436. The van der Waals surface area contributed by atoms with Crippen LogP contribution in [0.5, 0.6) is 11.6 Å². The standard InChI is InChI=1S/C39H46FN7O3/c1-25-22-46(23-26(2)42-25)24-27-9-11-28(12-10-27)29-6-5-8-34(18-29)50-39-35(19-30(40)21-41-39)37(48)43-31-13-15-32(16-14-31)44-38(49)36-20-33-7-3-4-17-47(33)45-36/h5-6,8-12,18-21,25-26,31-32,42H,3-4,7,13-17,22-24H2,1-2H3,(H,43,48)(H,44,49)/t25-,26+,31?,32?. The van der Waals surface area contributed by atoms with Crippen LogP contribution in [0.4, 0.5) is 4.39 Å². The van der Waals surface area contributed by atoms with Gasteiger partial charge in [-0.05, 0) is 99.7 Å². The zero-order chi connectivity index (χ0) is 34.6. The molecule has 2 aromatic heterocycles. The lowest BCUT2D eigenvalue weighted by Gasteiger charge is -2.36. The molecular weight excluding hydrogens is 633 g/mol. The van der Waals surface area contributed by atoms with E-state index in [1.54, 1.807) is 6.07 Å². The summed E-state index contributed by atoms with van der Waals surface area (Å²) in [5.41, 5.74) is 4.89. The molecule has 4 heterocycles. The summed E-state index contributed by atoms with van der Waals surface area (Å²) in [6.45, 7) is 8.27. The fourth-order valence-electron chi connectivity index (χ4n) is 7.59. The second-order valence-electron chi connectivity index (χ2n) is 14.2. The third kappa shape index (κ3) is 8.22. The Morgan fingerprint density at radius 1 is 0.900 bits per heavy atom. The van der Waals surface area contributed by atoms with Gasteiger partial charge in [0.1, 0.15) is 22.8 Å². The first-order valence-electron chi connectivity index (χ1n) is 18.0. The smallest absolute Gasteiger partial charge is 0.272 e. The van der Waals surface area contributed by atoms with E-state index in [9.17, 15) is 14.0 Å². The average molecular weight is 680 g/mol. The summed E-state index contributed by atoms with van der Waals surface area (Å²) in [7, 11) is 0. The zero-order valence-corrected chi connectivity index (χ0v) is 28.8. The molecular formula is C39H46FN7O3. The molecule has 2 aromatic carbocycles. The van der Waals surface area contributed by atoms with E-state index in [2.05, 4.69) is 69.0 Å². The second-order valence-corrected chi connectivity index (χ2v) is 14.2. The summed E-state index contributed by atoms with van der Waals surface area (Å²) >= 11 is 0. The van der Waals surface area contributed by atoms with Gasteiger partial charge in [-0.25, -0.2) is 9.37 Å². The van der Waals surface area contributed by atoms with E-state index in [0.29, 0.717) is 36.4 Å². The van der Waals surface area contributed by atoms with Crippen LogP contribution in [0.15, 0.2) is 66.9 Å². The highest BCUT2D eigenvalue weighted by Crippen LogP contribution is 2.30. The highest BCUT2D eigenvalue weighted by atomic mass is 19.1. The van der Waals surface area contributed by atoms with Crippen LogP contribution in [-0.2, 0) is 19.5 Å². The number of carbonyl (C=O) groups is 2. The minimum atomic E-state index is -0.617. The van der Waals surface area contributed by atoms with Crippen molar-refractivity contribution in [3.63, 3.8) is 0 Å². The molecule has 0 unspecified atom stereocenters. The van der Waals surface area contributed by atoms with E-state index in [4.69, 9.17) is 4.74 Å². The van der Waals surface area contributed by atoms with Crippen molar-refractivity contribution in [2.24, 2.45) is 0 Å². The maximum absolute atomic E-state index is 14.4. The number of hydrogen-bond donors (Lipinski definition) is 3. The van der Waals surface area contributed by atoms with Crippen molar-refractivity contribution in [2.45, 2.75) is 96.1 Å². The summed E-state index contributed by atoms with van der Waals surface area (Å²) in [5, 5.41) is 14.2. The number of ether oxygens (including phenoxy) is 1.